The van der Waals surface area contributed by atoms with E-state index >= 15 is 0 Å². The fourth-order valence-corrected chi connectivity index (χ4v) is 6.74. The van der Waals surface area contributed by atoms with Gasteiger partial charge in [-0.2, -0.15) is 17.5 Å². The molecular formula is C30H38F3N3O6S. The van der Waals surface area contributed by atoms with Crippen molar-refractivity contribution in [2.24, 2.45) is 0 Å². The number of sulfonamides is 1. The van der Waals surface area contributed by atoms with Crippen molar-refractivity contribution in [3.8, 4) is 5.75 Å². The predicted octanol–water partition coefficient (Wildman–Crippen LogP) is 3.42. The van der Waals surface area contributed by atoms with E-state index in [4.69, 9.17) is 9.47 Å². The topological polar surface area (TPSA) is 117 Å². The van der Waals surface area contributed by atoms with Crippen LogP contribution >= 0.6 is 0 Å². The average Bonchev–Trinajstić information content (AvgIpc) is 3.32. The lowest BCUT2D eigenvalue weighted by atomic mass is 9.99. The third-order valence-electron chi connectivity index (χ3n) is 7.87. The molecule has 0 saturated heterocycles. The number of carbonyl (C=O) groups is 1. The van der Waals surface area contributed by atoms with Gasteiger partial charge in [0.25, 0.3) is 0 Å². The number of carbonyl (C=O) groups excluding carboxylic acids is 1. The zero-order valence-electron chi connectivity index (χ0n) is 24.1. The zero-order valence-corrected chi connectivity index (χ0v) is 24.9. The lowest BCUT2D eigenvalue weighted by molar-refractivity contribution is -0.130. The molecule has 1 heterocycles. The minimum absolute atomic E-state index is 0.0917. The van der Waals surface area contributed by atoms with Gasteiger partial charge in [-0.15, -0.1) is 0 Å². The molecule has 0 fully saturated rings. The molecule has 236 valence electrons. The highest BCUT2D eigenvalue weighted by molar-refractivity contribution is 7.89. The second kappa shape index (κ2) is 14.2. The van der Waals surface area contributed by atoms with Crippen LogP contribution < -0.4 is 15.4 Å². The third-order valence-corrected chi connectivity index (χ3v) is 9.73. The van der Waals surface area contributed by atoms with E-state index in [1.165, 1.54) is 0 Å². The van der Waals surface area contributed by atoms with Crippen molar-refractivity contribution in [3.05, 3.63) is 77.4 Å². The largest absolute Gasteiger partial charge is 0.497 e. The van der Waals surface area contributed by atoms with E-state index in [0.29, 0.717) is 16.5 Å². The molecule has 0 radical (unpaired) electrons. The van der Waals surface area contributed by atoms with E-state index in [1.807, 2.05) is 48.5 Å². The number of alkyl halides is 3. The van der Waals surface area contributed by atoms with Crippen LogP contribution in [0.2, 0.25) is 0 Å². The fraction of sp³-hybridized carbons (Fsp3) is 0.500. The Morgan fingerprint density at radius 2 is 1.86 bits per heavy atom. The second-order valence-corrected chi connectivity index (χ2v) is 13.0. The van der Waals surface area contributed by atoms with Crippen LogP contribution in [-0.2, 0) is 26.0 Å². The van der Waals surface area contributed by atoms with Gasteiger partial charge in [0.15, 0.2) is 0 Å². The Bertz CT molecular complexity index is 1370. The maximum Gasteiger partial charge on any atom is 0.390 e. The molecule has 0 spiro atoms. The number of β-amino-alcohol motifs (C(OH)–C–C–N with tert-alkyl or cyclic N) is 1. The Kier molecular flexibility index (Phi) is 10.9. The number of likely N-dealkylation sites (N-methyl/N-ethyl adjacent to an activating group) is 1. The normalized spacial score (nSPS) is 25.5. The Balaban J connectivity index is 1.63. The van der Waals surface area contributed by atoms with E-state index in [1.54, 1.807) is 19.3 Å². The van der Waals surface area contributed by atoms with Gasteiger partial charge in [-0.05, 0) is 48.1 Å². The number of hydrogen-bond acceptors (Lipinski definition) is 7. The van der Waals surface area contributed by atoms with Crippen LogP contribution in [0.5, 0.6) is 5.75 Å². The number of hydrogen-bond donors (Lipinski definition) is 3. The maximum absolute atomic E-state index is 13.6. The zero-order chi connectivity index (χ0) is 31.2. The summed E-state index contributed by atoms with van der Waals surface area (Å²) in [6.07, 6.45) is -3.57. The number of nitrogens with zero attached hydrogens (tertiary/aromatic N) is 1. The van der Waals surface area contributed by atoms with Crippen LogP contribution in [0.1, 0.15) is 48.1 Å². The number of nitrogens with one attached hydrogen (secondary N) is 2. The number of ether oxygens (including phenoxy) is 2. The fourth-order valence-electron chi connectivity index (χ4n) is 5.40. The summed E-state index contributed by atoms with van der Waals surface area (Å²) in [5.41, 5.74) is 2.80. The summed E-state index contributed by atoms with van der Waals surface area (Å²) in [4.78, 5) is 13.6. The number of halogens is 3. The minimum atomic E-state index is -4.67. The molecule has 1 amide bonds. The summed E-state index contributed by atoms with van der Waals surface area (Å²) in [6.45, 7) is 0.259. The molecule has 1 aliphatic carbocycles. The number of fused-ring (bicyclic) bond motifs is 5. The number of amides is 1. The van der Waals surface area contributed by atoms with Gasteiger partial charge in [-0.3, -0.25) is 4.79 Å². The molecule has 2 aliphatic rings. The highest BCUT2D eigenvalue weighted by atomic mass is 32.2. The monoisotopic (exact) mass is 625 g/mol. The summed E-state index contributed by atoms with van der Waals surface area (Å²) in [5.74, 6) is -1.22. The summed E-state index contributed by atoms with van der Waals surface area (Å²) in [7, 11) is -1.76. The number of benzene rings is 2. The minimum Gasteiger partial charge on any atom is -0.497 e. The first-order valence-electron chi connectivity index (χ1n) is 14.1. The average molecular weight is 626 g/mol. The lowest BCUT2D eigenvalue weighted by Crippen LogP contribution is -2.55. The lowest BCUT2D eigenvalue weighted by Gasteiger charge is -2.31. The molecule has 2 aromatic rings. The van der Waals surface area contributed by atoms with Gasteiger partial charge in [-0.25, -0.2) is 8.42 Å². The molecule has 5 atom stereocenters. The summed E-state index contributed by atoms with van der Waals surface area (Å²) in [5, 5.41) is 17.5. The Morgan fingerprint density at radius 3 is 2.56 bits per heavy atom. The van der Waals surface area contributed by atoms with Gasteiger partial charge in [0.05, 0.1) is 44.1 Å². The van der Waals surface area contributed by atoms with Gasteiger partial charge < -0.3 is 25.2 Å². The van der Waals surface area contributed by atoms with Gasteiger partial charge >= 0.3 is 6.18 Å². The third kappa shape index (κ3) is 8.79. The van der Waals surface area contributed by atoms with Gasteiger partial charge in [0.1, 0.15) is 11.8 Å². The van der Waals surface area contributed by atoms with Gasteiger partial charge in [-0.1, -0.05) is 48.6 Å². The molecule has 4 rings (SSSR count). The Labute approximate surface area is 250 Å². The molecule has 9 nitrogen and oxygen atoms in total. The van der Waals surface area contributed by atoms with Crippen molar-refractivity contribution >= 4 is 15.9 Å². The van der Waals surface area contributed by atoms with Crippen molar-refractivity contribution in [2.45, 2.75) is 62.2 Å². The molecule has 0 saturated carbocycles. The van der Waals surface area contributed by atoms with Crippen molar-refractivity contribution in [3.63, 3.8) is 0 Å². The van der Waals surface area contributed by atoms with Crippen molar-refractivity contribution in [1.29, 1.82) is 0 Å². The van der Waals surface area contributed by atoms with Crippen LogP contribution in [0.15, 0.2) is 60.7 Å². The highest BCUT2D eigenvalue weighted by Gasteiger charge is 2.37. The second-order valence-electron chi connectivity index (χ2n) is 10.8. The molecule has 3 N–H and O–H groups in total. The van der Waals surface area contributed by atoms with Crippen LogP contribution in [0.25, 0.3) is 0 Å². The van der Waals surface area contributed by atoms with Gasteiger partial charge in [0.2, 0.25) is 15.9 Å². The van der Waals surface area contributed by atoms with Crippen LogP contribution in [-0.4, -0.2) is 81.2 Å². The SMILES string of the molecule is COc1ccc2c(c1)[C@@H]1C[C@H]2OCC=CC[C@H](N(C)S(=O)(=O)CCC(F)(F)F)C(=O)N[C@@H](Cc2ccccc2)[C@H](O)CN1. The van der Waals surface area contributed by atoms with Crippen molar-refractivity contribution in [2.75, 3.05) is 33.1 Å². The van der Waals surface area contributed by atoms with Gasteiger partial charge in [0, 0.05) is 19.6 Å². The first kappa shape index (κ1) is 32.9. The van der Waals surface area contributed by atoms with Crippen molar-refractivity contribution < 1.29 is 41.0 Å². The predicted molar refractivity (Wildman–Crippen MR) is 155 cm³/mol. The molecule has 43 heavy (non-hydrogen) atoms. The highest BCUT2D eigenvalue weighted by Crippen LogP contribution is 2.42. The first-order chi connectivity index (χ1) is 20.4. The smallest absolute Gasteiger partial charge is 0.390 e. The first-order valence-corrected chi connectivity index (χ1v) is 15.7. The number of methoxy groups -OCH3 is 1. The van der Waals surface area contributed by atoms with Crippen molar-refractivity contribution in [1.82, 2.24) is 14.9 Å². The van der Waals surface area contributed by atoms with E-state index in [0.717, 1.165) is 23.7 Å². The number of aliphatic hydroxyl groups is 1. The summed E-state index contributed by atoms with van der Waals surface area (Å²) >= 11 is 0. The van der Waals surface area contributed by atoms with E-state index < -0.39 is 52.5 Å². The van der Waals surface area contributed by atoms with E-state index in [2.05, 4.69) is 10.6 Å². The molecule has 13 heteroatoms. The molecule has 0 aromatic heterocycles. The Morgan fingerprint density at radius 1 is 1.12 bits per heavy atom. The standard InChI is InChI=1S/C30H38F3N3O6S/c1-36(43(39,40)15-13-30(31,32)33)26-10-6-7-14-42-28-18-24(23-17-21(41-2)11-12-22(23)28)34-19-27(37)25(35-29(26)38)16-20-8-4-3-5-9-20/h3-9,11-12,17,24-28,34,37H,10,13-16,18-19H2,1-2H3,(H,35,38)/t24-,25-,26-,27+,28+/m0/s1. The molecule has 2 bridgehead atoms. The quantitative estimate of drug-likeness (QED) is 0.404. The van der Waals surface area contributed by atoms with Crippen LogP contribution in [0, 0.1) is 0 Å². The number of aliphatic hydroxyl groups excluding tert-OH is 1. The molecular weight excluding hydrogens is 587 g/mol. The molecule has 2 aromatic carbocycles. The van der Waals surface area contributed by atoms with E-state index in [9.17, 15) is 31.5 Å². The van der Waals surface area contributed by atoms with Crippen LogP contribution in [0.4, 0.5) is 13.2 Å². The summed E-state index contributed by atoms with van der Waals surface area (Å²) in [6, 6.07) is 12.6. The molecule has 1 aliphatic heterocycles. The van der Waals surface area contributed by atoms with Crippen LogP contribution in [0.3, 0.4) is 0 Å². The maximum atomic E-state index is 13.6. The molecule has 0 unspecified atom stereocenters. The number of rotatable bonds is 7. The summed E-state index contributed by atoms with van der Waals surface area (Å²) < 4.78 is 76.5. The Hall–Kier alpha value is -2.97. The van der Waals surface area contributed by atoms with E-state index in [-0.39, 0.29) is 38.1 Å².